The molecule has 0 saturated heterocycles. The van der Waals surface area contributed by atoms with Crippen LogP contribution in [-0.2, 0) is 0 Å². The Morgan fingerprint density at radius 1 is 1.32 bits per heavy atom. The highest BCUT2D eigenvalue weighted by Crippen LogP contribution is 2.32. The zero-order valence-electron chi connectivity index (χ0n) is 10.1. The third-order valence-electron chi connectivity index (χ3n) is 2.66. The third kappa shape index (κ3) is 3.52. The molecule has 0 fully saturated rings. The molecule has 2 aromatic rings. The second-order valence-electron chi connectivity index (χ2n) is 3.85. The molecule has 0 bridgehead atoms. The van der Waals surface area contributed by atoms with E-state index in [2.05, 4.69) is 26.0 Å². The number of ether oxygens (including phenoxy) is 1. The first-order chi connectivity index (χ1) is 9.11. The van der Waals surface area contributed by atoms with E-state index in [1.54, 1.807) is 23.5 Å². The van der Waals surface area contributed by atoms with Gasteiger partial charge in [0.15, 0.2) is 0 Å². The Hall–Kier alpha value is -0.980. The minimum Gasteiger partial charge on any atom is -0.435 e. The Labute approximate surface area is 122 Å². The van der Waals surface area contributed by atoms with E-state index >= 15 is 0 Å². The van der Waals surface area contributed by atoms with Gasteiger partial charge in [0.25, 0.3) is 0 Å². The van der Waals surface area contributed by atoms with Crippen molar-refractivity contribution < 1.29 is 13.5 Å². The fourth-order valence-electron chi connectivity index (χ4n) is 1.87. The van der Waals surface area contributed by atoms with Crippen molar-refractivity contribution in [1.29, 1.82) is 0 Å². The number of halogens is 3. The summed E-state index contributed by atoms with van der Waals surface area (Å²) < 4.78 is 29.9. The van der Waals surface area contributed by atoms with Crippen molar-refractivity contribution in [3.8, 4) is 5.75 Å². The Balaban J connectivity index is 2.31. The molecule has 1 atom stereocenters. The normalized spacial score (nSPS) is 12.7. The number of thiophene rings is 1. The van der Waals surface area contributed by atoms with E-state index in [1.807, 2.05) is 23.9 Å². The standard InChI is InChI=1S/C13H12BrF2NOS/c1-17-12(10-6-19-7-11(10)14)8-3-2-4-9(5-8)18-13(15)16/h2-7,12-13,17H,1H3. The van der Waals surface area contributed by atoms with Gasteiger partial charge in [-0.05, 0) is 51.6 Å². The average molecular weight is 348 g/mol. The van der Waals surface area contributed by atoms with Crippen LogP contribution in [0.4, 0.5) is 8.78 Å². The molecule has 0 saturated carbocycles. The molecule has 2 rings (SSSR count). The van der Waals surface area contributed by atoms with Gasteiger partial charge in [-0.15, -0.1) is 0 Å². The summed E-state index contributed by atoms with van der Waals surface area (Å²) >= 11 is 5.06. The third-order valence-corrected chi connectivity index (χ3v) is 4.41. The maximum Gasteiger partial charge on any atom is 0.387 e. The van der Waals surface area contributed by atoms with E-state index in [9.17, 15) is 8.78 Å². The number of hydrogen-bond acceptors (Lipinski definition) is 3. The molecule has 2 nitrogen and oxygen atoms in total. The summed E-state index contributed by atoms with van der Waals surface area (Å²) in [5, 5.41) is 7.18. The summed E-state index contributed by atoms with van der Waals surface area (Å²) in [6.07, 6.45) is 0. The largest absolute Gasteiger partial charge is 0.435 e. The summed E-state index contributed by atoms with van der Waals surface area (Å²) in [6.45, 7) is -2.81. The van der Waals surface area contributed by atoms with E-state index in [4.69, 9.17) is 0 Å². The van der Waals surface area contributed by atoms with Gasteiger partial charge in [-0.2, -0.15) is 20.1 Å². The van der Waals surface area contributed by atoms with Crippen molar-refractivity contribution in [2.75, 3.05) is 7.05 Å². The Morgan fingerprint density at radius 3 is 2.68 bits per heavy atom. The zero-order chi connectivity index (χ0) is 13.8. The maximum atomic E-state index is 12.2. The molecule has 0 aliphatic carbocycles. The van der Waals surface area contributed by atoms with Gasteiger partial charge in [0.05, 0.1) is 6.04 Å². The molecule has 1 aromatic heterocycles. The number of nitrogens with one attached hydrogen (secondary N) is 1. The van der Waals surface area contributed by atoms with Gasteiger partial charge in [0.2, 0.25) is 0 Å². The number of alkyl halides is 2. The number of hydrogen-bond donors (Lipinski definition) is 1. The number of rotatable bonds is 5. The highest BCUT2D eigenvalue weighted by atomic mass is 79.9. The molecule has 6 heteroatoms. The molecule has 0 aliphatic heterocycles. The van der Waals surface area contributed by atoms with Crippen LogP contribution in [-0.4, -0.2) is 13.7 Å². The van der Waals surface area contributed by atoms with Gasteiger partial charge in [-0.25, -0.2) is 0 Å². The Bertz CT molecular complexity index is 547. The molecule has 0 radical (unpaired) electrons. The SMILES string of the molecule is CNC(c1cccc(OC(F)F)c1)c1cscc1Br. The van der Waals surface area contributed by atoms with Crippen molar-refractivity contribution in [3.05, 3.63) is 50.6 Å². The lowest BCUT2D eigenvalue weighted by atomic mass is 10.0. The van der Waals surface area contributed by atoms with Crippen molar-refractivity contribution in [3.63, 3.8) is 0 Å². The van der Waals surface area contributed by atoms with Crippen LogP contribution in [0.5, 0.6) is 5.75 Å². The first kappa shape index (κ1) is 14.4. The smallest absolute Gasteiger partial charge is 0.387 e. The molecule has 1 N–H and O–H groups in total. The second kappa shape index (κ2) is 6.45. The fourth-order valence-corrected chi connectivity index (χ4v) is 3.42. The van der Waals surface area contributed by atoms with Crippen LogP contribution in [0.3, 0.4) is 0 Å². The Kier molecular flexibility index (Phi) is 4.90. The lowest BCUT2D eigenvalue weighted by molar-refractivity contribution is -0.0498. The summed E-state index contributed by atoms with van der Waals surface area (Å²) in [7, 11) is 1.83. The minimum atomic E-state index is -2.81. The van der Waals surface area contributed by atoms with Crippen LogP contribution < -0.4 is 10.1 Å². The van der Waals surface area contributed by atoms with E-state index in [1.165, 1.54) is 6.07 Å². The summed E-state index contributed by atoms with van der Waals surface area (Å²) in [4.78, 5) is 0. The maximum absolute atomic E-state index is 12.2. The van der Waals surface area contributed by atoms with Crippen LogP contribution in [0, 0.1) is 0 Å². The first-order valence-corrected chi connectivity index (χ1v) is 7.29. The lowest BCUT2D eigenvalue weighted by Gasteiger charge is -2.17. The van der Waals surface area contributed by atoms with Crippen molar-refractivity contribution in [1.82, 2.24) is 5.32 Å². The second-order valence-corrected chi connectivity index (χ2v) is 5.45. The first-order valence-electron chi connectivity index (χ1n) is 5.55. The van der Waals surface area contributed by atoms with Crippen LogP contribution in [0.1, 0.15) is 17.2 Å². The van der Waals surface area contributed by atoms with Gasteiger partial charge in [-0.3, -0.25) is 0 Å². The van der Waals surface area contributed by atoms with Crippen molar-refractivity contribution >= 4 is 27.3 Å². The number of benzene rings is 1. The van der Waals surface area contributed by atoms with Crippen LogP contribution in [0.25, 0.3) is 0 Å². The van der Waals surface area contributed by atoms with Gasteiger partial charge in [0, 0.05) is 9.85 Å². The molecular weight excluding hydrogens is 336 g/mol. The predicted molar refractivity (Wildman–Crippen MR) is 76.0 cm³/mol. The van der Waals surface area contributed by atoms with E-state index in [0.717, 1.165) is 15.6 Å². The van der Waals surface area contributed by atoms with Crippen LogP contribution in [0.2, 0.25) is 0 Å². The summed E-state index contributed by atoms with van der Waals surface area (Å²) in [5.74, 6) is 0.166. The molecule has 102 valence electrons. The molecule has 1 heterocycles. The van der Waals surface area contributed by atoms with Gasteiger partial charge in [-0.1, -0.05) is 12.1 Å². The molecule has 0 amide bonds. The Morgan fingerprint density at radius 2 is 2.11 bits per heavy atom. The highest BCUT2D eigenvalue weighted by molar-refractivity contribution is 9.10. The lowest BCUT2D eigenvalue weighted by Crippen LogP contribution is -2.17. The molecule has 0 spiro atoms. The summed E-state index contributed by atoms with van der Waals surface area (Å²) in [6, 6.07) is 6.66. The van der Waals surface area contributed by atoms with Crippen molar-refractivity contribution in [2.24, 2.45) is 0 Å². The topological polar surface area (TPSA) is 21.3 Å². The molecule has 1 unspecified atom stereocenters. The molecule has 19 heavy (non-hydrogen) atoms. The fraction of sp³-hybridized carbons (Fsp3) is 0.231. The molecule has 0 aliphatic rings. The van der Waals surface area contributed by atoms with E-state index in [0.29, 0.717) is 0 Å². The van der Waals surface area contributed by atoms with Gasteiger partial charge < -0.3 is 10.1 Å². The minimum absolute atomic E-state index is 0.0677. The summed E-state index contributed by atoms with van der Waals surface area (Å²) in [5.41, 5.74) is 1.95. The predicted octanol–water partition coefficient (Wildman–Crippen LogP) is 4.42. The zero-order valence-corrected chi connectivity index (χ0v) is 12.5. The quantitative estimate of drug-likeness (QED) is 0.864. The molecular formula is C13H12BrF2NOS. The van der Waals surface area contributed by atoms with Crippen LogP contribution >= 0.6 is 27.3 Å². The molecule has 1 aromatic carbocycles. The van der Waals surface area contributed by atoms with E-state index < -0.39 is 6.61 Å². The highest BCUT2D eigenvalue weighted by Gasteiger charge is 2.16. The van der Waals surface area contributed by atoms with Crippen LogP contribution in [0.15, 0.2) is 39.5 Å². The van der Waals surface area contributed by atoms with Crippen molar-refractivity contribution in [2.45, 2.75) is 12.7 Å². The van der Waals surface area contributed by atoms with Gasteiger partial charge >= 0.3 is 6.61 Å². The van der Waals surface area contributed by atoms with Gasteiger partial charge in [0.1, 0.15) is 5.75 Å². The average Bonchev–Trinajstić information content (AvgIpc) is 2.77. The monoisotopic (exact) mass is 347 g/mol. The van der Waals surface area contributed by atoms with E-state index in [-0.39, 0.29) is 11.8 Å².